The van der Waals surface area contributed by atoms with Gasteiger partial charge in [0, 0.05) is 15.6 Å². The van der Waals surface area contributed by atoms with Crippen molar-refractivity contribution in [3.63, 3.8) is 0 Å². The van der Waals surface area contributed by atoms with Gasteiger partial charge in [0.1, 0.15) is 18.2 Å². The molecule has 0 aliphatic heterocycles. The van der Waals surface area contributed by atoms with Crippen LogP contribution in [0.3, 0.4) is 0 Å². The SMILES string of the molecule is CC(=O)c1cc(F)ccc1OCc1ccc(Cl)cc1Cl. The fourth-order valence-corrected chi connectivity index (χ4v) is 2.16. The van der Waals surface area contributed by atoms with Crippen LogP contribution in [0.4, 0.5) is 4.39 Å². The second-order valence-corrected chi connectivity index (χ2v) is 5.06. The second kappa shape index (κ2) is 6.25. The van der Waals surface area contributed by atoms with Gasteiger partial charge in [-0.3, -0.25) is 4.79 Å². The summed E-state index contributed by atoms with van der Waals surface area (Å²) in [7, 11) is 0. The molecule has 0 heterocycles. The molecule has 2 nitrogen and oxygen atoms in total. The van der Waals surface area contributed by atoms with Crippen LogP contribution in [0.15, 0.2) is 36.4 Å². The number of rotatable bonds is 4. The van der Waals surface area contributed by atoms with Crippen LogP contribution in [0, 0.1) is 5.82 Å². The molecule has 20 heavy (non-hydrogen) atoms. The Morgan fingerprint density at radius 3 is 2.60 bits per heavy atom. The molecule has 0 bridgehead atoms. The van der Waals surface area contributed by atoms with Gasteiger partial charge in [0.25, 0.3) is 0 Å². The van der Waals surface area contributed by atoms with E-state index in [2.05, 4.69) is 0 Å². The van der Waals surface area contributed by atoms with Crippen molar-refractivity contribution in [3.8, 4) is 5.75 Å². The van der Waals surface area contributed by atoms with E-state index in [0.717, 1.165) is 11.6 Å². The molecule has 0 saturated carbocycles. The number of ether oxygens (including phenoxy) is 1. The standard InChI is InChI=1S/C15H11Cl2FO2/c1-9(19)13-7-12(18)4-5-15(13)20-8-10-2-3-11(16)6-14(10)17/h2-7H,8H2,1H3. The molecular weight excluding hydrogens is 302 g/mol. The van der Waals surface area contributed by atoms with Gasteiger partial charge in [-0.05, 0) is 37.3 Å². The summed E-state index contributed by atoms with van der Waals surface area (Å²) < 4.78 is 18.7. The smallest absolute Gasteiger partial charge is 0.163 e. The van der Waals surface area contributed by atoms with Crippen LogP contribution in [0.2, 0.25) is 10.0 Å². The van der Waals surface area contributed by atoms with E-state index in [0.29, 0.717) is 15.8 Å². The van der Waals surface area contributed by atoms with Crippen LogP contribution in [-0.4, -0.2) is 5.78 Å². The summed E-state index contributed by atoms with van der Waals surface area (Å²) in [6.07, 6.45) is 0. The Hall–Kier alpha value is -1.58. The van der Waals surface area contributed by atoms with Crippen LogP contribution >= 0.6 is 23.2 Å². The summed E-state index contributed by atoms with van der Waals surface area (Å²) in [4.78, 5) is 11.5. The van der Waals surface area contributed by atoms with Gasteiger partial charge in [-0.15, -0.1) is 0 Å². The molecule has 0 N–H and O–H groups in total. The Morgan fingerprint density at radius 2 is 1.95 bits per heavy atom. The minimum Gasteiger partial charge on any atom is -0.488 e. The highest BCUT2D eigenvalue weighted by Crippen LogP contribution is 2.25. The van der Waals surface area contributed by atoms with Crippen molar-refractivity contribution in [1.82, 2.24) is 0 Å². The molecule has 0 unspecified atom stereocenters. The van der Waals surface area contributed by atoms with Gasteiger partial charge >= 0.3 is 0 Å². The molecule has 2 aromatic carbocycles. The van der Waals surface area contributed by atoms with Gasteiger partial charge in [-0.1, -0.05) is 29.3 Å². The highest BCUT2D eigenvalue weighted by atomic mass is 35.5. The lowest BCUT2D eigenvalue weighted by Crippen LogP contribution is -2.02. The van der Waals surface area contributed by atoms with E-state index in [1.807, 2.05) is 0 Å². The van der Waals surface area contributed by atoms with Crippen molar-refractivity contribution < 1.29 is 13.9 Å². The molecule has 104 valence electrons. The van der Waals surface area contributed by atoms with E-state index in [9.17, 15) is 9.18 Å². The van der Waals surface area contributed by atoms with E-state index in [-0.39, 0.29) is 18.0 Å². The predicted octanol–water partition coefficient (Wildman–Crippen LogP) is 4.91. The topological polar surface area (TPSA) is 26.3 Å². The average Bonchev–Trinajstić information content (AvgIpc) is 2.38. The van der Waals surface area contributed by atoms with E-state index in [1.165, 1.54) is 19.1 Å². The van der Waals surface area contributed by atoms with Crippen LogP contribution in [0.5, 0.6) is 5.75 Å². The molecule has 0 saturated heterocycles. The van der Waals surface area contributed by atoms with Crippen molar-refractivity contribution in [3.05, 3.63) is 63.4 Å². The fraction of sp³-hybridized carbons (Fsp3) is 0.133. The zero-order valence-electron chi connectivity index (χ0n) is 10.6. The Balaban J connectivity index is 2.20. The molecule has 5 heteroatoms. The first kappa shape index (κ1) is 14.8. The molecule has 0 amide bonds. The zero-order chi connectivity index (χ0) is 14.7. The van der Waals surface area contributed by atoms with Crippen molar-refractivity contribution >= 4 is 29.0 Å². The van der Waals surface area contributed by atoms with Gasteiger partial charge in [-0.2, -0.15) is 0 Å². The third-order valence-electron chi connectivity index (χ3n) is 2.72. The summed E-state index contributed by atoms with van der Waals surface area (Å²) in [6.45, 7) is 1.53. The Labute approximate surface area is 126 Å². The summed E-state index contributed by atoms with van der Waals surface area (Å²) in [6, 6.07) is 8.87. The minimum absolute atomic E-state index is 0.169. The van der Waals surface area contributed by atoms with Crippen LogP contribution < -0.4 is 4.74 Å². The fourth-order valence-electron chi connectivity index (χ4n) is 1.70. The first-order valence-corrected chi connectivity index (χ1v) is 6.60. The van der Waals surface area contributed by atoms with E-state index in [4.69, 9.17) is 27.9 Å². The van der Waals surface area contributed by atoms with Gasteiger partial charge in [0.2, 0.25) is 0 Å². The summed E-state index contributed by atoms with van der Waals surface area (Å²) in [5.41, 5.74) is 0.935. The van der Waals surface area contributed by atoms with Crippen molar-refractivity contribution in [1.29, 1.82) is 0 Å². The maximum absolute atomic E-state index is 13.1. The molecule has 0 atom stereocenters. The number of carbonyl (C=O) groups is 1. The molecule has 0 fully saturated rings. The summed E-state index contributed by atoms with van der Waals surface area (Å²) in [5, 5.41) is 1.01. The minimum atomic E-state index is -0.480. The molecule has 0 aliphatic carbocycles. The van der Waals surface area contributed by atoms with Crippen molar-refractivity contribution in [2.45, 2.75) is 13.5 Å². The van der Waals surface area contributed by atoms with E-state index < -0.39 is 5.82 Å². The number of halogens is 3. The third-order valence-corrected chi connectivity index (χ3v) is 3.31. The van der Waals surface area contributed by atoms with Crippen LogP contribution in [0.1, 0.15) is 22.8 Å². The molecule has 2 rings (SSSR count). The van der Waals surface area contributed by atoms with Gasteiger partial charge < -0.3 is 4.74 Å². The highest BCUT2D eigenvalue weighted by molar-refractivity contribution is 6.35. The Morgan fingerprint density at radius 1 is 1.20 bits per heavy atom. The van der Waals surface area contributed by atoms with Crippen LogP contribution in [-0.2, 0) is 6.61 Å². The highest BCUT2D eigenvalue weighted by Gasteiger charge is 2.11. The maximum Gasteiger partial charge on any atom is 0.163 e. The van der Waals surface area contributed by atoms with E-state index in [1.54, 1.807) is 18.2 Å². The lowest BCUT2D eigenvalue weighted by atomic mass is 10.1. The zero-order valence-corrected chi connectivity index (χ0v) is 12.1. The first-order valence-electron chi connectivity index (χ1n) is 5.84. The number of Topliss-reactive ketones (excluding diaryl/α,β-unsaturated/α-hetero) is 1. The van der Waals surface area contributed by atoms with Gasteiger partial charge in [-0.25, -0.2) is 4.39 Å². The quantitative estimate of drug-likeness (QED) is 0.749. The molecule has 0 radical (unpaired) electrons. The Bertz CT molecular complexity index is 656. The summed E-state index contributed by atoms with van der Waals surface area (Å²) in [5.74, 6) is -0.418. The normalized spacial score (nSPS) is 10.4. The van der Waals surface area contributed by atoms with Crippen molar-refractivity contribution in [2.24, 2.45) is 0 Å². The molecule has 0 aromatic heterocycles. The molecule has 0 aliphatic rings. The monoisotopic (exact) mass is 312 g/mol. The lowest BCUT2D eigenvalue weighted by Gasteiger charge is -2.11. The summed E-state index contributed by atoms with van der Waals surface area (Å²) >= 11 is 11.8. The van der Waals surface area contributed by atoms with Crippen molar-refractivity contribution in [2.75, 3.05) is 0 Å². The number of hydrogen-bond acceptors (Lipinski definition) is 2. The molecule has 0 spiro atoms. The second-order valence-electron chi connectivity index (χ2n) is 4.22. The Kier molecular flexibility index (Phi) is 4.63. The first-order chi connectivity index (χ1) is 9.47. The van der Waals surface area contributed by atoms with Gasteiger partial charge in [0.15, 0.2) is 5.78 Å². The average molecular weight is 313 g/mol. The third kappa shape index (κ3) is 3.50. The van der Waals surface area contributed by atoms with E-state index >= 15 is 0 Å². The molecule has 2 aromatic rings. The number of hydrogen-bond donors (Lipinski definition) is 0. The predicted molar refractivity (Wildman–Crippen MR) is 77.2 cm³/mol. The maximum atomic E-state index is 13.1. The number of ketones is 1. The number of benzene rings is 2. The van der Waals surface area contributed by atoms with Crippen LogP contribution in [0.25, 0.3) is 0 Å². The molecular formula is C15H11Cl2FO2. The lowest BCUT2D eigenvalue weighted by molar-refractivity contribution is 0.101. The largest absolute Gasteiger partial charge is 0.488 e. The van der Waals surface area contributed by atoms with Gasteiger partial charge in [0.05, 0.1) is 5.56 Å². The number of carbonyl (C=O) groups excluding carboxylic acids is 1.